The highest BCUT2D eigenvalue weighted by molar-refractivity contribution is 8.02. The van der Waals surface area contributed by atoms with E-state index in [1.807, 2.05) is 35.7 Å². The van der Waals surface area contributed by atoms with Crippen molar-refractivity contribution in [2.24, 2.45) is 9.98 Å². The van der Waals surface area contributed by atoms with E-state index in [2.05, 4.69) is 37.3 Å². The van der Waals surface area contributed by atoms with Crippen LogP contribution in [0.15, 0.2) is 51.9 Å². The molecule has 2 aromatic rings. The quantitative estimate of drug-likeness (QED) is 0.435. The van der Waals surface area contributed by atoms with Crippen molar-refractivity contribution >= 4 is 30.1 Å². The maximum atomic E-state index is 5.27. The summed E-state index contributed by atoms with van der Waals surface area (Å²) in [5.74, 6) is 2.90. The van der Waals surface area contributed by atoms with Gasteiger partial charge < -0.3 is 15.4 Å². The molecule has 2 N–H and O–H groups in total. The van der Waals surface area contributed by atoms with Crippen LogP contribution in [0.25, 0.3) is 17.1 Å². The summed E-state index contributed by atoms with van der Waals surface area (Å²) in [5, 5.41) is 8.41. The molecule has 0 radical (unpaired) electrons. The van der Waals surface area contributed by atoms with Gasteiger partial charge in [0.25, 0.3) is 0 Å². The summed E-state index contributed by atoms with van der Waals surface area (Å²) in [6.07, 6.45) is 2.80. The number of methoxy groups -OCH3 is 1. The lowest BCUT2D eigenvalue weighted by Crippen LogP contribution is -2.40. The molecule has 3 rings (SSSR count). The molecule has 1 aliphatic heterocycles. The monoisotopic (exact) mass is 382 g/mol. The first-order valence-electron chi connectivity index (χ1n) is 8.58. The smallest absolute Gasteiger partial charge is 0.191 e. The minimum absolute atomic E-state index is 0.616. The highest BCUT2D eigenvalue weighted by Crippen LogP contribution is 2.23. The third kappa shape index (κ3) is 5.30. The van der Waals surface area contributed by atoms with Crippen molar-refractivity contribution < 1.29 is 4.74 Å². The summed E-state index contributed by atoms with van der Waals surface area (Å²) < 4.78 is 5.27. The molecule has 1 aromatic carbocycles. The van der Waals surface area contributed by atoms with E-state index in [0.717, 1.165) is 42.5 Å². The molecule has 140 valence electrons. The molecule has 0 unspecified atom stereocenters. The second-order valence-electron chi connectivity index (χ2n) is 5.66. The zero-order valence-corrected chi connectivity index (χ0v) is 16.0. The topological polar surface area (TPSA) is 83.8 Å². The minimum atomic E-state index is 0.616. The van der Waals surface area contributed by atoms with Gasteiger partial charge in [0.15, 0.2) is 11.8 Å². The highest BCUT2D eigenvalue weighted by Gasteiger charge is 2.07. The number of hydrogen-bond donors (Lipinski definition) is 2. The van der Waals surface area contributed by atoms with Gasteiger partial charge >= 0.3 is 0 Å². The molecule has 7 nitrogen and oxygen atoms in total. The van der Waals surface area contributed by atoms with Gasteiger partial charge in [0.05, 0.1) is 24.4 Å². The predicted octanol–water partition coefficient (Wildman–Crippen LogP) is 2.78. The second kappa shape index (κ2) is 9.72. The molecule has 0 spiro atoms. The van der Waals surface area contributed by atoms with Crippen LogP contribution in [0.1, 0.15) is 12.1 Å². The first-order valence-corrected chi connectivity index (χ1v) is 9.63. The van der Waals surface area contributed by atoms with E-state index in [0.29, 0.717) is 17.4 Å². The number of benzene rings is 1. The standard InChI is InChI=1S/C19H22N6OS/c1-20-17(12-27-13-24-19-22-8-4-9-23-19)16-7-10-21-18(25-16)14-5-3-6-15(11-14)26-2/h3,5-7,10-12H,1,4,8-9,13H2,2H3,(H2,22,23,24)/b17-12-. The number of aromatic nitrogens is 2. The van der Waals surface area contributed by atoms with Gasteiger partial charge in [-0.25, -0.2) is 9.97 Å². The fourth-order valence-corrected chi connectivity index (χ4v) is 3.12. The van der Waals surface area contributed by atoms with Crippen LogP contribution >= 0.6 is 11.8 Å². The minimum Gasteiger partial charge on any atom is -0.497 e. The Kier molecular flexibility index (Phi) is 6.81. The molecule has 8 heteroatoms. The SMILES string of the molecule is C=N/C(=C\SCNC1=NCCCN1)c1ccnc(-c2cccc(OC)c2)n1. The zero-order valence-electron chi connectivity index (χ0n) is 15.2. The van der Waals surface area contributed by atoms with Gasteiger partial charge in [-0.3, -0.25) is 9.98 Å². The van der Waals surface area contributed by atoms with Crippen LogP contribution in [0.5, 0.6) is 5.75 Å². The molecule has 1 aromatic heterocycles. The summed E-state index contributed by atoms with van der Waals surface area (Å²) >= 11 is 1.57. The number of nitrogens with zero attached hydrogens (tertiary/aromatic N) is 4. The molecule has 2 heterocycles. The average Bonchev–Trinajstić information content (AvgIpc) is 2.74. The highest BCUT2D eigenvalue weighted by atomic mass is 32.2. The van der Waals surface area contributed by atoms with Crippen LogP contribution in [-0.2, 0) is 0 Å². The van der Waals surface area contributed by atoms with Crippen molar-refractivity contribution in [3.05, 3.63) is 47.6 Å². The van der Waals surface area contributed by atoms with E-state index in [1.165, 1.54) is 0 Å². The normalized spacial score (nSPS) is 14.1. The Labute approximate surface area is 163 Å². The van der Waals surface area contributed by atoms with Crippen molar-refractivity contribution in [1.82, 2.24) is 20.6 Å². The predicted molar refractivity (Wildman–Crippen MR) is 112 cm³/mol. The fraction of sp³-hybridized carbons (Fsp3) is 0.263. The third-order valence-corrected chi connectivity index (χ3v) is 4.53. The van der Waals surface area contributed by atoms with Crippen LogP contribution in [0.3, 0.4) is 0 Å². The first-order chi connectivity index (χ1) is 13.3. The number of aliphatic imine (C=N–C) groups is 2. The van der Waals surface area contributed by atoms with Crippen LogP contribution < -0.4 is 15.4 Å². The maximum Gasteiger partial charge on any atom is 0.191 e. The van der Waals surface area contributed by atoms with Gasteiger partial charge in [-0.2, -0.15) is 0 Å². The lowest BCUT2D eigenvalue weighted by molar-refractivity contribution is 0.415. The Morgan fingerprint density at radius 3 is 3.15 bits per heavy atom. The summed E-state index contributed by atoms with van der Waals surface area (Å²) in [5.41, 5.74) is 2.31. The van der Waals surface area contributed by atoms with Gasteiger partial charge in [0, 0.05) is 30.3 Å². The number of nitrogens with one attached hydrogen (secondary N) is 2. The number of thioether (sulfide) groups is 1. The lowest BCUT2D eigenvalue weighted by atomic mass is 10.2. The first kappa shape index (κ1) is 18.9. The molecule has 1 aliphatic rings. The summed E-state index contributed by atoms with van der Waals surface area (Å²) in [4.78, 5) is 17.5. The molecule has 0 bridgehead atoms. The molecule has 27 heavy (non-hydrogen) atoms. The second-order valence-corrected chi connectivity index (χ2v) is 6.51. The molecule has 0 fully saturated rings. The zero-order chi connectivity index (χ0) is 18.9. The third-order valence-electron chi connectivity index (χ3n) is 3.83. The van der Waals surface area contributed by atoms with E-state index in [1.54, 1.807) is 25.1 Å². The molecule has 0 saturated heterocycles. The van der Waals surface area contributed by atoms with E-state index >= 15 is 0 Å². The lowest BCUT2D eigenvalue weighted by Gasteiger charge is -2.15. The number of rotatable bonds is 7. The van der Waals surface area contributed by atoms with Gasteiger partial charge in [-0.1, -0.05) is 12.1 Å². The Morgan fingerprint density at radius 2 is 2.37 bits per heavy atom. The van der Waals surface area contributed by atoms with Crippen molar-refractivity contribution in [1.29, 1.82) is 0 Å². The van der Waals surface area contributed by atoms with Crippen molar-refractivity contribution in [3.8, 4) is 17.1 Å². The number of hydrogen-bond acceptors (Lipinski definition) is 8. The van der Waals surface area contributed by atoms with E-state index < -0.39 is 0 Å². The molecular weight excluding hydrogens is 360 g/mol. The molecule has 0 atom stereocenters. The van der Waals surface area contributed by atoms with Gasteiger partial charge in [-0.05, 0) is 31.3 Å². The van der Waals surface area contributed by atoms with Gasteiger partial charge in [0.2, 0.25) is 0 Å². The van der Waals surface area contributed by atoms with Gasteiger partial charge in [-0.15, -0.1) is 11.8 Å². The Hall–Kier alpha value is -2.87. The Bertz CT molecular complexity index is 852. The van der Waals surface area contributed by atoms with Crippen LogP contribution in [0, 0.1) is 0 Å². The fourth-order valence-electron chi connectivity index (χ4n) is 2.46. The summed E-state index contributed by atoms with van der Waals surface area (Å²) in [6, 6.07) is 9.48. The largest absolute Gasteiger partial charge is 0.497 e. The molecule has 0 aliphatic carbocycles. The molecule has 0 amide bonds. The Morgan fingerprint density at radius 1 is 1.44 bits per heavy atom. The summed E-state index contributed by atoms with van der Waals surface area (Å²) in [7, 11) is 1.64. The maximum absolute atomic E-state index is 5.27. The van der Waals surface area contributed by atoms with Crippen LogP contribution in [-0.4, -0.2) is 48.7 Å². The van der Waals surface area contributed by atoms with Gasteiger partial charge in [0.1, 0.15) is 5.75 Å². The van der Waals surface area contributed by atoms with Crippen molar-refractivity contribution in [2.45, 2.75) is 6.42 Å². The van der Waals surface area contributed by atoms with Crippen LogP contribution in [0.4, 0.5) is 0 Å². The van der Waals surface area contributed by atoms with Crippen molar-refractivity contribution in [3.63, 3.8) is 0 Å². The van der Waals surface area contributed by atoms with E-state index in [9.17, 15) is 0 Å². The van der Waals surface area contributed by atoms with E-state index in [4.69, 9.17) is 4.74 Å². The Balaban J connectivity index is 1.69. The molecular formula is C19H22N6OS. The summed E-state index contributed by atoms with van der Waals surface area (Å²) in [6.45, 7) is 5.49. The average molecular weight is 382 g/mol. The number of ether oxygens (including phenoxy) is 1. The molecule has 0 saturated carbocycles. The van der Waals surface area contributed by atoms with Crippen LogP contribution in [0.2, 0.25) is 0 Å². The van der Waals surface area contributed by atoms with E-state index in [-0.39, 0.29) is 0 Å². The van der Waals surface area contributed by atoms with Crippen molar-refractivity contribution in [2.75, 3.05) is 26.1 Å². The number of guanidine groups is 1.